The van der Waals surface area contributed by atoms with Gasteiger partial charge in [-0.05, 0) is 75.7 Å². The van der Waals surface area contributed by atoms with Crippen LogP contribution in [0.3, 0.4) is 0 Å². The Labute approximate surface area is 257 Å². The first-order valence-electron chi connectivity index (χ1n) is 15.8. The fraction of sp³-hybridized carbons (Fsp3) is 0.268. The first-order valence-corrected chi connectivity index (χ1v) is 15.8. The predicted octanol–water partition coefficient (Wildman–Crippen LogP) is 10.6. The van der Waals surface area contributed by atoms with E-state index in [0.29, 0.717) is 0 Å². The molecule has 0 amide bonds. The Hall–Kier alpha value is -4.30. The molecule has 2 nitrogen and oxygen atoms in total. The van der Waals surface area contributed by atoms with Gasteiger partial charge in [0.15, 0.2) is 0 Å². The van der Waals surface area contributed by atoms with Crippen molar-refractivity contribution in [2.24, 2.45) is 0 Å². The van der Waals surface area contributed by atoms with E-state index in [-0.39, 0.29) is 10.8 Å². The molecule has 5 aromatic rings. The van der Waals surface area contributed by atoms with Crippen molar-refractivity contribution in [3.05, 3.63) is 144 Å². The third kappa shape index (κ3) is 5.25. The standard InChI is InChI=1S/C41H44N2/c1-6-28-43-36-26-24-32-19-11-13-21-34(32)39(36)40(2,3)37(43)22-14-15-27-41(4,29-30-16-8-7-9-17-30)38-33-20-12-10-18-31(33)23-25-35(38)42-5/h7-26,42H,6,27-29H2,1-5H3/b15-14+,37-22+. The van der Waals surface area contributed by atoms with Crippen molar-refractivity contribution in [1.82, 2.24) is 0 Å². The van der Waals surface area contributed by atoms with E-state index in [9.17, 15) is 0 Å². The summed E-state index contributed by atoms with van der Waals surface area (Å²) in [4.78, 5) is 2.55. The van der Waals surface area contributed by atoms with Crippen molar-refractivity contribution in [1.29, 1.82) is 0 Å². The number of anilines is 2. The van der Waals surface area contributed by atoms with Crippen LogP contribution in [0.5, 0.6) is 0 Å². The molecule has 0 saturated heterocycles. The SMILES string of the molecule is CCCN1/C(=C/C=C/CC(C)(Cc2ccccc2)c2c(NC)ccc3ccccc23)C(C)(C)c2c1ccc1ccccc21. The highest BCUT2D eigenvalue weighted by Crippen LogP contribution is 2.51. The molecule has 1 unspecified atom stereocenters. The molecule has 0 aliphatic carbocycles. The van der Waals surface area contributed by atoms with E-state index in [0.717, 1.165) is 25.8 Å². The molecule has 1 aliphatic rings. The molecule has 0 aromatic heterocycles. The Morgan fingerprint density at radius 2 is 1.44 bits per heavy atom. The summed E-state index contributed by atoms with van der Waals surface area (Å²) in [6, 6.07) is 37.7. The van der Waals surface area contributed by atoms with Gasteiger partial charge in [-0.1, -0.05) is 131 Å². The highest BCUT2D eigenvalue weighted by molar-refractivity contribution is 5.95. The van der Waals surface area contributed by atoms with Crippen LogP contribution in [0.4, 0.5) is 11.4 Å². The number of fused-ring (bicyclic) bond motifs is 4. The number of rotatable bonds is 9. The van der Waals surface area contributed by atoms with Gasteiger partial charge in [-0.25, -0.2) is 0 Å². The zero-order valence-corrected chi connectivity index (χ0v) is 26.3. The molecule has 1 heterocycles. The van der Waals surface area contributed by atoms with Crippen molar-refractivity contribution in [2.45, 2.75) is 57.8 Å². The second-order valence-corrected chi connectivity index (χ2v) is 12.8. The number of benzene rings is 5. The molecule has 218 valence electrons. The number of allylic oxidation sites excluding steroid dienone is 4. The minimum atomic E-state index is -0.108. The third-order valence-corrected chi connectivity index (χ3v) is 9.40. The van der Waals surface area contributed by atoms with Crippen molar-refractivity contribution in [3.63, 3.8) is 0 Å². The summed E-state index contributed by atoms with van der Waals surface area (Å²) in [6.07, 6.45) is 10.1. The second kappa shape index (κ2) is 11.8. The maximum absolute atomic E-state index is 3.53. The van der Waals surface area contributed by atoms with Crippen LogP contribution < -0.4 is 10.2 Å². The van der Waals surface area contributed by atoms with Crippen LogP contribution in [0, 0.1) is 0 Å². The van der Waals surface area contributed by atoms with E-state index in [1.807, 2.05) is 7.05 Å². The van der Waals surface area contributed by atoms with Gasteiger partial charge >= 0.3 is 0 Å². The normalized spacial score (nSPS) is 16.7. The van der Waals surface area contributed by atoms with Gasteiger partial charge < -0.3 is 10.2 Å². The Kier molecular flexibility index (Phi) is 7.88. The average Bonchev–Trinajstić information content (AvgIpc) is 3.24. The van der Waals surface area contributed by atoms with Crippen LogP contribution in [-0.4, -0.2) is 13.6 Å². The van der Waals surface area contributed by atoms with Gasteiger partial charge in [0, 0.05) is 41.5 Å². The molecule has 0 fully saturated rings. The zero-order valence-electron chi connectivity index (χ0n) is 26.3. The average molecular weight is 565 g/mol. The molecule has 5 aromatic carbocycles. The lowest BCUT2D eigenvalue weighted by molar-refractivity contribution is 0.480. The molecule has 0 saturated carbocycles. The van der Waals surface area contributed by atoms with Crippen molar-refractivity contribution >= 4 is 32.9 Å². The largest absolute Gasteiger partial charge is 0.388 e. The monoisotopic (exact) mass is 564 g/mol. The molecule has 43 heavy (non-hydrogen) atoms. The number of nitrogens with one attached hydrogen (secondary N) is 1. The summed E-state index contributed by atoms with van der Waals surface area (Å²) in [6.45, 7) is 10.5. The highest BCUT2D eigenvalue weighted by atomic mass is 15.2. The van der Waals surface area contributed by atoms with E-state index in [1.165, 1.54) is 55.3 Å². The van der Waals surface area contributed by atoms with Gasteiger partial charge in [0.2, 0.25) is 0 Å². The number of nitrogens with zero attached hydrogens (tertiary/aromatic N) is 1. The van der Waals surface area contributed by atoms with E-state index in [2.05, 4.69) is 159 Å². The summed E-state index contributed by atoms with van der Waals surface area (Å²) < 4.78 is 0. The topological polar surface area (TPSA) is 15.3 Å². The minimum Gasteiger partial charge on any atom is -0.388 e. The number of hydrogen-bond acceptors (Lipinski definition) is 2. The van der Waals surface area contributed by atoms with Crippen LogP contribution in [0.1, 0.15) is 57.2 Å². The molecule has 6 rings (SSSR count). The molecule has 1 atom stereocenters. The van der Waals surface area contributed by atoms with Crippen LogP contribution in [0.25, 0.3) is 21.5 Å². The molecule has 0 spiro atoms. The Morgan fingerprint density at radius 1 is 0.791 bits per heavy atom. The molecule has 0 radical (unpaired) electrons. The van der Waals surface area contributed by atoms with E-state index in [4.69, 9.17) is 0 Å². The second-order valence-electron chi connectivity index (χ2n) is 12.8. The molecular formula is C41H44N2. The molecule has 1 N–H and O–H groups in total. The highest BCUT2D eigenvalue weighted by Gasteiger charge is 2.40. The minimum absolute atomic E-state index is 0.0853. The van der Waals surface area contributed by atoms with Crippen LogP contribution in [0.2, 0.25) is 0 Å². The summed E-state index contributed by atoms with van der Waals surface area (Å²) in [5, 5.41) is 8.82. The maximum Gasteiger partial charge on any atom is 0.0457 e. The lowest BCUT2D eigenvalue weighted by Crippen LogP contribution is -2.27. The maximum atomic E-state index is 3.53. The Morgan fingerprint density at radius 3 is 2.16 bits per heavy atom. The molecular weight excluding hydrogens is 520 g/mol. The molecule has 2 heteroatoms. The van der Waals surface area contributed by atoms with Crippen molar-refractivity contribution in [3.8, 4) is 0 Å². The van der Waals surface area contributed by atoms with Gasteiger partial charge in [-0.2, -0.15) is 0 Å². The quantitative estimate of drug-likeness (QED) is 0.192. The van der Waals surface area contributed by atoms with E-state index < -0.39 is 0 Å². The fourth-order valence-electron chi connectivity index (χ4n) is 7.43. The van der Waals surface area contributed by atoms with Gasteiger partial charge in [0.05, 0.1) is 0 Å². The predicted molar refractivity (Wildman–Crippen MR) is 187 cm³/mol. The summed E-state index contributed by atoms with van der Waals surface area (Å²) >= 11 is 0. The van der Waals surface area contributed by atoms with Gasteiger partial charge in [0.1, 0.15) is 0 Å². The Balaban J connectivity index is 1.41. The molecule has 1 aliphatic heterocycles. The van der Waals surface area contributed by atoms with Crippen LogP contribution >= 0.6 is 0 Å². The smallest absolute Gasteiger partial charge is 0.0457 e. The third-order valence-electron chi connectivity index (χ3n) is 9.40. The lowest BCUT2D eigenvalue weighted by atomic mass is 9.72. The first kappa shape index (κ1) is 28.8. The van der Waals surface area contributed by atoms with E-state index >= 15 is 0 Å². The summed E-state index contributed by atoms with van der Waals surface area (Å²) in [5.74, 6) is 0. The summed E-state index contributed by atoms with van der Waals surface area (Å²) in [5.41, 5.74) is 7.94. The lowest BCUT2D eigenvalue weighted by Gasteiger charge is -2.33. The first-order chi connectivity index (χ1) is 20.9. The van der Waals surface area contributed by atoms with Gasteiger partial charge in [-0.15, -0.1) is 0 Å². The Bertz CT molecular complexity index is 1810. The van der Waals surface area contributed by atoms with E-state index in [1.54, 1.807) is 0 Å². The van der Waals surface area contributed by atoms with Gasteiger partial charge in [-0.3, -0.25) is 0 Å². The van der Waals surface area contributed by atoms with Crippen LogP contribution in [-0.2, 0) is 17.3 Å². The van der Waals surface area contributed by atoms with Crippen molar-refractivity contribution in [2.75, 3.05) is 23.8 Å². The number of hydrogen-bond donors (Lipinski definition) is 1. The zero-order chi connectivity index (χ0) is 30.0. The van der Waals surface area contributed by atoms with Crippen molar-refractivity contribution < 1.29 is 0 Å². The van der Waals surface area contributed by atoms with Crippen LogP contribution in [0.15, 0.2) is 127 Å². The molecule has 0 bridgehead atoms. The fourth-order valence-corrected chi connectivity index (χ4v) is 7.43. The summed E-state index contributed by atoms with van der Waals surface area (Å²) in [7, 11) is 2.04. The van der Waals surface area contributed by atoms with Gasteiger partial charge in [0.25, 0.3) is 0 Å².